The van der Waals surface area contributed by atoms with Gasteiger partial charge in [-0.1, -0.05) is 6.07 Å². The molecule has 0 aromatic heterocycles. The van der Waals surface area contributed by atoms with Crippen LogP contribution in [0.5, 0.6) is 11.5 Å². The summed E-state index contributed by atoms with van der Waals surface area (Å²) in [5, 5.41) is 3.28. The van der Waals surface area contributed by atoms with Crippen molar-refractivity contribution in [1.29, 1.82) is 0 Å². The summed E-state index contributed by atoms with van der Waals surface area (Å²) in [4.78, 5) is 0. The van der Waals surface area contributed by atoms with Gasteiger partial charge in [-0.25, -0.2) is 13.1 Å². The van der Waals surface area contributed by atoms with E-state index in [0.29, 0.717) is 19.8 Å². The van der Waals surface area contributed by atoms with Crippen molar-refractivity contribution in [2.45, 2.75) is 19.4 Å². The van der Waals surface area contributed by atoms with Crippen LogP contribution in [0.4, 0.5) is 0 Å². The fourth-order valence-electron chi connectivity index (χ4n) is 2.02. The molecule has 1 aromatic carbocycles. The molecule has 0 aliphatic carbocycles. The van der Waals surface area contributed by atoms with E-state index in [4.69, 9.17) is 9.47 Å². The van der Waals surface area contributed by atoms with E-state index in [1.54, 1.807) is 0 Å². The van der Waals surface area contributed by atoms with Crippen LogP contribution in [0.2, 0.25) is 0 Å². The number of fused-ring (bicyclic) bond motifs is 1. The number of hydrogen-bond acceptors (Lipinski definition) is 5. The first kappa shape index (κ1) is 16.1. The second-order valence-electron chi connectivity index (χ2n) is 5.03. The van der Waals surface area contributed by atoms with Gasteiger partial charge in [0.1, 0.15) is 0 Å². The molecule has 1 heterocycles. The largest absolute Gasteiger partial charge is 0.490 e. The van der Waals surface area contributed by atoms with Crippen molar-refractivity contribution in [3.8, 4) is 11.5 Å². The fourth-order valence-corrected chi connectivity index (χ4v) is 2.54. The first-order valence-corrected chi connectivity index (χ1v) is 8.97. The first-order valence-electron chi connectivity index (χ1n) is 7.08. The molecule has 1 aromatic rings. The zero-order valence-electron chi connectivity index (χ0n) is 12.2. The van der Waals surface area contributed by atoms with Crippen LogP contribution in [-0.2, 0) is 16.6 Å². The predicted molar refractivity (Wildman–Crippen MR) is 81.2 cm³/mol. The molecule has 6 nitrogen and oxygen atoms in total. The first-order chi connectivity index (χ1) is 10.0. The van der Waals surface area contributed by atoms with Gasteiger partial charge in [-0.15, -0.1) is 0 Å². The van der Waals surface area contributed by atoms with E-state index in [1.807, 2.05) is 18.2 Å². The van der Waals surface area contributed by atoms with Crippen LogP contribution in [-0.4, -0.2) is 41.0 Å². The van der Waals surface area contributed by atoms with Gasteiger partial charge in [0.15, 0.2) is 11.5 Å². The zero-order chi connectivity index (χ0) is 15.1. The molecule has 0 saturated heterocycles. The average molecular weight is 314 g/mol. The monoisotopic (exact) mass is 314 g/mol. The minimum Gasteiger partial charge on any atom is -0.490 e. The molecule has 0 radical (unpaired) electrons. The van der Waals surface area contributed by atoms with Crippen LogP contribution >= 0.6 is 0 Å². The van der Waals surface area contributed by atoms with Gasteiger partial charge in [0.2, 0.25) is 10.0 Å². The predicted octanol–water partition coefficient (Wildman–Crippen LogP) is 0.877. The van der Waals surface area contributed by atoms with E-state index < -0.39 is 10.0 Å². The van der Waals surface area contributed by atoms with Gasteiger partial charge in [-0.05, 0) is 30.7 Å². The lowest BCUT2D eigenvalue weighted by atomic mass is 10.2. The second kappa shape index (κ2) is 7.63. The Bertz CT molecular complexity index is 560. The molecule has 0 spiro atoms. The molecule has 1 aliphatic heterocycles. The van der Waals surface area contributed by atoms with Crippen LogP contribution in [0.1, 0.15) is 18.4 Å². The molecular weight excluding hydrogens is 292 g/mol. The summed E-state index contributed by atoms with van der Waals surface area (Å²) in [6.45, 7) is 3.29. The van der Waals surface area contributed by atoms with Gasteiger partial charge in [-0.3, -0.25) is 0 Å². The normalized spacial score (nSPS) is 14.7. The van der Waals surface area contributed by atoms with Crippen molar-refractivity contribution in [3.63, 3.8) is 0 Å². The van der Waals surface area contributed by atoms with Crippen molar-refractivity contribution in [1.82, 2.24) is 10.0 Å². The highest BCUT2D eigenvalue weighted by Crippen LogP contribution is 2.30. The Morgan fingerprint density at radius 1 is 1.14 bits per heavy atom. The van der Waals surface area contributed by atoms with Crippen LogP contribution < -0.4 is 19.5 Å². The standard InChI is InChI=1S/C14H22N2O4S/c1-21(17,18)16-7-2-6-15-11-12-4-5-13-14(10-12)20-9-3-8-19-13/h4-5,10,15-16H,2-3,6-9,11H2,1H3. The molecule has 2 N–H and O–H groups in total. The van der Waals surface area contributed by atoms with Gasteiger partial charge >= 0.3 is 0 Å². The van der Waals surface area contributed by atoms with Gasteiger partial charge in [0.05, 0.1) is 19.5 Å². The molecule has 2 rings (SSSR count). The molecule has 1 aliphatic rings. The maximum atomic E-state index is 10.9. The van der Waals surface area contributed by atoms with Gasteiger partial charge < -0.3 is 14.8 Å². The van der Waals surface area contributed by atoms with Crippen molar-refractivity contribution >= 4 is 10.0 Å². The van der Waals surface area contributed by atoms with Crippen molar-refractivity contribution in [3.05, 3.63) is 23.8 Å². The lowest BCUT2D eigenvalue weighted by Gasteiger charge is -2.10. The Balaban J connectivity index is 1.72. The molecular formula is C14H22N2O4S. The van der Waals surface area contributed by atoms with Crippen molar-refractivity contribution in [2.24, 2.45) is 0 Å². The number of rotatable bonds is 7. The number of nitrogens with one attached hydrogen (secondary N) is 2. The van der Waals surface area contributed by atoms with E-state index in [2.05, 4.69) is 10.0 Å². The summed E-state index contributed by atoms with van der Waals surface area (Å²) < 4.78 is 35.5. The van der Waals surface area contributed by atoms with Crippen LogP contribution in [0.25, 0.3) is 0 Å². The van der Waals surface area contributed by atoms with E-state index >= 15 is 0 Å². The summed E-state index contributed by atoms with van der Waals surface area (Å²) in [5.41, 5.74) is 1.12. The van der Waals surface area contributed by atoms with Gasteiger partial charge in [0.25, 0.3) is 0 Å². The highest BCUT2D eigenvalue weighted by molar-refractivity contribution is 7.88. The molecule has 0 saturated carbocycles. The summed E-state index contributed by atoms with van der Waals surface area (Å²) in [7, 11) is -3.09. The topological polar surface area (TPSA) is 76.7 Å². The lowest BCUT2D eigenvalue weighted by Crippen LogP contribution is -2.26. The molecule has 0 atom stereocenters. The molecule has 7 heteroatoms. The zero-order valence-corrected chi connectivity index (χ0v) is 13.0. The van der Waals surface area contributed by atoms with Gasteiger partial charge in [-0.2, -0.15) is 0 Å². The molecule has 118 valence electrons. The quantitative estimate of drug-likeness (QED) is 0.731. The lowest BCUT2D eigenvalue weighted by molar-refractivity contribution is 0.297. The Kier molecular flexibility index (Phi) is 5.84. The number of ether oxygens (including phenoxy) is 2. The van der Waals surface area contributed by atoms with E-state index in [1.165, 1.54) is 0 Å². The summed E-state index contributed by atoms with van der Waals surface area (Å²) in [5.74, 6) is 1.60. The Morgan fingerprint density at radius 2 is 1.90 bits per heavy atom. The third-order valence-electron chi connectivity index (χ3n) is 3.04. The fraction of sp³-hybridized carbons (Fsp3) is 0.571. The Labute approximate surface area is 125 Å². The second-order valence-corrected chi connectivity index (χ2v) is 6.86. The molecule has 21 heavy (non-hydrogen) atoms. The van der Waals surface area contributed by atoms with Crippen molar-refractivity contribution < 1.29 is 17.9 Å². The third-order valence-corrected chi connectivity index (χ3v) is 3.76. The minimum absolute atomic E-state index is 0.451. The molecule has 0 amide bonds. The smallest absolute Gasteiger partial charge is 0.208 e. The van der Waals surface area contributed by atoms with Crippen LogP contribution in [0.3, 0.4) is 0 Å². The Hall–Kier alpha value is -1.31. The average Bonchev–Trinajstić information content (AvgIpc) is 2.66. The summed E-state index contributed by atoms with van der Waals surface area (Å²) in [6, 6.07) is 5.93. The van der Waals surface area contributed by atoms with E-state index in [9.17, 15) is 8.42 Å². The highest BCUT2D eigenvalue weighted by atomic mass is 32.2. The van der Waals surface area contributed by atoms with E-state index in [0.717, 1.165) is 49.2 Å². The summed E-state index contributed by atoms with van der Waals surface area (Å²) in [6.07, 6.45) is 2.81. The number of benzene rings is 1. The van der Waals surface area contributed by atoms with E-state index in [-0.39, 0.29) is 0 Å². The molecule has 0 fully saturated rings. The molecule has 0 bridgehead atoms. The maximum absolute atomic E-state index is 10.9. The minimum atomic E-state index is -3.09. The van der Waals surface area contributed by atoms with Crippen LogP contribution in [0.15, 0.2) is 18.2 Å². The highest BCUT2D eigenvalue weighted by Gasteiger charge is 2.10. The van der Waals surface area contributed by atoms with Crippen molar-refractivity contribution in [2.75, 3.05) is 32.6 Å². The van der Waals surface area contributed by atoms with Crippen LogP contribution in [0, 0.1) is 0 Å². The van der Waals surface area contributed by atoms with Gasteiger partial charge in [0, 0.05) is 19.5 Å². The number of hydrogen-bond donors (Lipinski definition) is 2. The third kappa shape index (κ3) is 5.91. The molecule has 0 unspecified atom stereocenters. The Morgan fingerprint density at radius 3 is 2.67 bits per heavy atom. The maximum Gasteiger partial charge on any atom is 0.208 e. The number of sulfonamides is 1. The summed E-state index contributed by atoms with van der Waals surface area (Å²) >= 11 is 0. The SMILES string of the molecule is CS(=O)(=O)NCCCNCc1ccc2c(c1)OCCCO2.